The van der Waals surface area contributed by atoms with Crippen LogP contribution in [0.25, 0.3) is 0 Å². The zero-order valence-electron chi connectivity index (χ0n) is 10.5. The molecular weight excluding hydrogens is 210 g/mol. The summed E-state index contributed by atoms with van der Waals surface area (Å²) in [6, 6.07) is 2.09. The second-order valence-corrected chi connectivity index (χ2v) is 5.62. The molecule has 0 aromatic carbocycles. The Bertz CT molecular complexity index is 327. The van der Waals surface area contributed by atoms with Crippen molar-refractivity contribution >= 4 is 0 Å². The highest BCUT2D eigenvalue weighted by atomic mass is 15.1. The average molecular weight is 233 g/mol. The predicted molar refractivity (Wildman–Crippen MR) is 68.9 cm³/mol. The fraction of sp³-hybridized carbons (Fsp3) is 0.786. The third-order valence-corrected chi connectivity index (χ3v) is 4.44. The lowest BCUT2D eigenvalue weighted by Crippen LogP contribution is -2.41. The summed E-state index contributed by atoms with van der Waals surface area (Å²) in [5.41, 5.74) is 0. The number of imidazole rings is 1. The van der Waals surface area contributed by atoms with Gasteiger partial charge < -0.3 is 9.88 Å². The maximum absolute atomic E-state index is 4.18. The van der Waals surface area contributed by atoms with E-state index in [0.29, 0.717) is 12.1 Å². The molecule has 0 saturated heterocycles. The molecule has 0 bridgehead atoms. The Morgan fingerprint density at radius 3 is 2.65 bits per heavy atom. The summed E-state index contributed by atoms with van der Waals surface area (Å²) in [6.07, 6.45) is 17.0. The maximum Gasteiger partial charge on any atom is 0.0949 e. The standard InChI is InChI=1S/C14H23N3/c1-2-5-12(6-3-1)16-13-7-4-8-14(13)17-10-9-15-11-17/h9-14,16H,1-8H2. The molecule has 2 aliphatic rings. The number of nitrogens with zero attached hydrogens (tertiary/aromatic N) is 2. The fourth-order valence-electron chi connectivity index (χ4n) is 3.53. The number of rotatable bonds is 3. The molecule has 2 aliphatic carbocycles. The van der Waals surface area contributed by atoms with E-state index in [2.05, 4.69) is 21.1 Å². The largest absolute Gasteiger partial charge is 0.333 e. The Morgan fingerprint density at radius 1 is 1.00 bits per heavy atom. The van der Waals surface area contributed by atoms with E-state index in [9.17, 15) is 0 Å². The molecule has 0 spiro atoms. The van der Waals surface area contributed by atoms with E-state index >= 15 is 0 Å². The summed E-state index contributed by atoms with van der Waals surface area (Å²) in [5, 5.41) is 3.91. The summed E-state index contributed by atoms with van der Waals surface area (Å²) >= 11 is 0. The van der Waals surface area contributed by atoms with E-state index in [1.165, 1.54) is 51.4 Å². The summed E-state index contributed by atoms with van der Waals surface area (Å²) < 4.78 is 2.30. The Morgan fingerprint density at radius 2 is 1.88 bits per heavy atom. The van der Waals surface area contributed by atoms with E-state index < -0.39 is 0 Å². The second-order valence-electron chi connectivity index (χ2n) is 5.62. The minimum absolute atomic E-state index is 0.638. The van der Waals surface area contributed by atoms with Crippen LogP contribution in [0.1, 0.15) is 57.4 Å². The molecule has 0 amide bonds. The number of hydrogen-bond acceptors (Lipinski definition) is 2. The van der Waals surface area contributed by atoms with Crippen LogP contribution in [0, 0.1) is 0 Å². The molecule has 1 N–H and O–H groups in total. The van der Waals surface area contributed by atoms with Gasteiger partial charge in [0.05, 0.1) is 6.33 Å². The lowest BCUT2D eigenvalue weighted by molar-refractivity contribution is 0.299. The third-order valence-electron chi connectivity index (χ3n) is 4.44. The summed E-state index contributed by atoms with van der Waals surface area (Å²) in [5.74, 6) is 0. The van der Waals surface area contributed by atoms with Gasteiger partial charge in [0, 0.05) is 30.5 Å². The average Bonchev–Trinajstić information content (AvgIpc) is 3.00. The van der Waals surface area contributed by atoms with Gasteiger partial charge in [-0.25, -0.2) is 4.98 Å². The van der Waals surface area contributed by atoms with Crippen LogP contribution < -0.4 is 5.32 Å². The van der Waals surface area contributed by atoms with Crippen LogP contribution in [0.2, 0.25) is 0 Å². The summed E-state index contributed by atoms with van der Waals surface area (Å²) in [7, 11) is 0. The molecule has 3 nitrogen and oxygen atoms in total. The second kappa shape index (κ2) is 5.21. The lowest BCUT2D eigenvalue weighted by Gasteiger charge is -2.30. The van der Waals surface area contributed by atoms with E-state index in [0.717, 1.165) is 6.04 Å². The van der Waals surface area contributed by atoms with Crippen LogP contribution in [-0.4, -0.2) is 21.6 Å². The van der Waals surface area contributed by atoms with Crippen molar-refractivity contribution in [1.82, 2.24) is 14.9 Å². The van der Waals surface area contributed by atoms with Crippen LogP contribution in [0.3, 0.4) is 0 Å². The zero-order chi connectivity index (χ0) is 11.5. The molecule has 0 radical (unpaired) electrons. The van der Waals surface area contributed by atoms with E-state index in [-0.39, 0.29) is 0 Å². The van der Waals surface area contributed by atoms with Crippen LogP contribution in [0.15, 0.2) is 18.7 Å². The van der Waals surface area contributed by atoms with Crippen molar-refractivity contribution < 1.29 is 0 Å². The van der Waals surface area contributed by atoms with Gasteiger partial charge in [-0.15, -0.1) is 0 Å². The molecule has 1 aromatic rings. The molecule has 2 saturated carbocycles. The molecule has 1 heterocycles. The highest BCUT2D eigenvalue weighted by Gasteiger charge is 2.30. The first kappa shape index (κ1) is 11.3. The quantitative estimate of drug-likeness (QED) is 0.870. The minimum Gasteiger partial charge on any atom is -0.333 e. The highest BCUT2D eigenvalue weighted by Crippen LogP contribution is 2.31. The molecule has 0 aliphatic heterocycles. The molecule has 94 valence electrons. The van der Waals surface area contributed by atoms with Gasteiger partial charge in [0.15, 0.2) is 0 Å². The van der Waals surface area contributed by atoms with Gasteiger partial charge in [0.25, 0.3) is 0 Å². The van der Waals surface area contributed by atoms with Crippen LogP contribution in [-0.2, 0) is 0 Å². The first-order valence-corrected chi connectivity index (χ1v) is 7.17. The Kier molecular flexibility index (Phi) is 3.46. The van der Waals surface area contributed by atoms with Gasteiger partial charge in [-0.1, -0.05) is 19.3 Å². The van der Waals surface area contributed by atoms with Crippen molar-refractivity contribution in [2.45, 2.75) is 69.5 Å². The molecule has 17 heavy (non-hydrogen) atoms. The van der Waals surface area contributed by atoms with Gasteiger partial charge in [0.1, 0.15) is 0 Å². The summed E-state index contributed by atoms with van der Waals surface area (Å²) in [4.78, 5) is 4.18. The topological polar surface area (TPSA) is 29.9 Å². The Labute approximate surface area is 104 Å². The zero-order valence-corrected chi connectivity index (χ0v) is 10.5. The van der Waals surface area contributed by atoms with Gasteiger partial charge in [0.2, 0.25) is 0 Å². The molecule has 2 atom stereocenters. The molecule has 3 rings (SSSR count). The number of aromatic nitrogens is 2. The molecule has 3 heteroatoms. The van der Waals surface area contributed by atoms with E-state index in [1.807, 2.05) is 12.5 Å². The molecular formula is C14H23N3. The predicted octanol–water partition coefficient (Wildman–Crippen LogP) is 2.90. The van der Waals surface area contributed by atoms with Crippen LogP contribution >= 0.6 is 0 Å². The maximum atomic E-state index is 4.18. The Hall–Kier alpha value is -0.830. The Balaban J connectivity index is 1.61. The van der Waals surface area contributed by atoms with Gasteiger partial charge in [-0.2, -0.15) is 0 Å². The van der Waals surface area contributed by atoms with Crippen molar-refractivity contribution in [3.05, 3.63) is 18.7 Å². The fourth-order valence-corrected chi connectivity index (χ4v) is 3.53. The van der Waals surface area contributed by atoms with E-state index in [1.54, 1.807) is 0 Å². The van der Waals surface area contributed by atoms with Gasteiger partial charge in [-0.05, 0) is 32.1 Å². The molecule has 1 aromatic heterocycles. The van der Waals surface area contributed by atoms with E-state index in [4.69, 9.17) is 0 Å². The highest BCUT2D eigenvalue weighted by molar-refractivity contribution is 4.93. The first-order chi connectivity index (χ1) is 8.43. The van der Waals surface area contributed by atoms with Crippen LogP contribution in [0.5, 0.6) is 0 Å². The lowest BCUT2D eigenvalue weighted by atomic mass is 9.94. The van der Waals surface area contributed by atoms with Crippen molar-refractivity contribution in [2.75, 3.05) is 0 Å². The number of nitrogens with one attached hydrogen (secondary N) is 1. The van der Waals surface area contributed by atoms with Crippen molar-refractivity contribution in [3.8, 4) is 0 Å². The van der Waals surface area contributed by atoms with Crippen LogP contribution in [0.4, 0.5) is 0 Å². The number of hydrogen-bond donors (Lipinski definition) is 1. The molecule has 2 fully saturated rings. The minimum atomic E-state index is 0.638. The van der Waals surface area contributed by atoms with Crippen molar-refractivity contribution in [3.63, 3.8) is 0 Å². The first-order valence-electron chi connectivity index (χ1n) is 7.17. The smallest absolute Gasteiger partial charge is 0.0949 e. The summed E-state index contributed by atoms with van der Waals surface area (Å²) in [6.45, 7) is 0. The van der Waals surface area contributed by atoms with Crippen molar-refractivity contribution in [2.24, 2.45) is 0 Å². The van der Waals surface area contributed by atoms with Gasteiger partial charge in [-0.3, -0.25) is 0 Å². The normalized spacial score (nSPS) is 30.8. The molecule has 2 unspecified atom stereocenters. The third kappa shape index (κ3) is 2.54. The van der Waals surface area contributed by atoms with Crippen molar-refractivity contribution in [1.29, 1.82) is 0 Å². The monoisotopic (exact) mass is 233 g/mol. The SMILES string of the molecule is c1cn(C2CCCC2NC2CCCCC2)cn1. The van der Waals surface area contributed by atoms with Gasteiger partial charge >= 0.3 is 0 Å².